The molecule has 0 spiro atoms. The van der Waals surface area contributed by atoms with E-state index in [0.29, 0.717) is 0 Å². The van der Waals surface area contributed by atoms with Gasteiger partial charge in [-0.2, -0.15) is 0 Å². The summed E-state index contributed by atoms with van der Waals surface area (Å²) in [6, 6.07) is 8.00. The molecule has 0 aliphatic rings. The van der Waals surface area contributed by atoms with Crippen molar-refractivity contribution >= 4 is 15.9 Å². The Balaban J connectivity index is 2.88. The maximum Gasteiger partial charge on any atom is 0.0894 e. The lowest BCUT2D eigenvalue weighted by molar-refractivity contribution is 0.0127. The number of aliphatic hydroxyl groups is 1. The van der Waals surface area contributed by atoms with E-state index >= 15 is 0 Å². The number of benzene rings is 1. The standard InChI is InChI=1S/C15H23BrO/c1-5-15(17,10-9-14(2,3)4)12-7-6-8-13(16)11-12/h6-8,11,17H,5,9-10H2,1-4H3. The van der Waals surface area contributed by atoms with E-state index in [-0.39, 0.29) is 5.41 Å². The summed E-state index contributed by atoms with van der Waals surface area (Å²) in [7, 11) is 0. The first-order chi connectivity index (χ1) is 7.77. The molecule has 1 aromatic carbocycles. The van der Waals surface area contributed by atoms with Crippen LogP contribution in [0.25, 0.3) is 0 Å². The summed E-state index contributed by atoms with van der Waals surface area (Å²) in [4.78, 5) is 0. The largest absolute Gasteiger partial charge is 0.385 e. The minimum atomic E-state index is -0.697. The van der Waals surface area contributed by atoms with Gasteiger partial charge in [-0.1, -0.05) is 55.8 Å². The predicted octanol–water partition coefficient (Wildman–Crippen LogP) is 4.87. The molecule has 0 aromatic heterocycles. The van der Waals surface area contributed by atoms with Crippen LogP contribution in [0.4, 0.5) is 0 Å². The number of halogens is 1. The van der Waals surface area contributed by atoms with Gasteiger partial charge in [-0.15, -0.1) is 0 Å². The minimum absolute atomic E-state index is 0.259. The van der Waals surface area contributed by atoms with Crippen molar-refractivity contribution in [3.8, 4) is 0 Å². The van der Waals surface area contributed by atoms with Crippen molar-refractivity contribution in [2.45, 2.75) is 52.6 Å². The average molecular weight is 299 g/mol. The molecule has 1 N–H and O–H groups in total. The quantitative estimate of drug-likeness (QED) is 0.840. The van der Waals surface area contributed by atoms with E-state index in [1.807, 2.05) is 31.2 Å². The van der Waals surface area contributed by atoms with E-state index in [1.165, 1.54) is 0 Å². The normalized spacial score (nSPS) is 15.6. The van der Waals surface area contributed by atoms with Crippen LogP contribution in [0.1, 0.15) is 52.5 Å². The van der Waals surface area contributed by atoms with Crippen LogP contribution in [0.2, 0.25) is 0 Å². The molecule has 0 saturated carbocycles. The molecule has 2 heteroatoms. The fourth-order valence-electron chi connectivity index (χ4n) is 1.88. The Bertz CT molecular complexity index is 367. The monoisotopic (exact) mass is 298 g/mol. The SMILES string of the molecule is CCC(O)(CCC(C)(C)C)c1cccc(Br)c1. The highest BCUT2D eigenvalue weighted by molar-refractivity contribution is 9.10. The lowest BCUT2D eigenvalue weighted by Crippen LogP contribution is -2.26. The highest BCUT2D eigenvalue weighted by atomic mass is 79.9. The Morgan fingerprint density at radius 1 is 1.18 bits per heavy atom. The van der Waals surface area contributed by atoms with Crippen molar-refractivity contribution in [3.05, 3.63) is 34.3 Å². The maximum absolute atomic E-state index is 10.8. The molecule has 1 rings (SSSR count). The van der Waals surface area contributed by atoms with Crippen LogP contribution in [0.3, 0.4) is 0 Å². The molecule has 1 unspecified atom stereocenters. The van der Waals surface area contributed by atoms with Crippen molar-refractivity contribution in [1.82, 2.24) is 0 Å². The summed E-state index contributed by atoms with van der Waals surface area (Å²) < 4.78 is 1.03. The molecule has 96 valence electrons. The first-order valence-electron chi connectivity index (χ1n) is 6.25. The van der Waals surface area contributed by atoms with Gasteiger partial charge >= 0.3 is 0 Å². The predicted molar refractivity (Wildman–Crippen MR) is 77.0 cm³/mol. The van der Waals surface area contributed by atoms with E-state index in [9.17, 15) is 5.11 Å². The van der Waals surface area contributed by atoms with Crippen LogP contribution >= 0.6 is 15.9 Å². The molecular formula is C15H23BrO. The zero-order valence-electron chi connectivity index (χ0n) is 11.3. The molecule has 17 heavy (non-hydrogen) atoms. The molecule has 0 amide bonds. The molecule has 0 radical (unpaired) electrons. The van der Waals surface area contributed by atoms with Gasteiger partial charge in [-0.25, -0.2) is 0 Å². The summed E-state index contributed by atoms with van der Waals surface area (Å²) in [5, 5.41) is 10.8. The van der Waals surface area contributed by atoms with Gasteiger partial charge in [0.2, 0.25) is 0 Å². The van der Waals surface area contributed by atoms with E-state index in [1.54, 1.807) is 0 Å². The van der Waals surface area contributed by atoms with Gasteiger partial charge in [-0.3, -0.25) is 0 Å². The first-order valence-corrected chi connectivity index (χ1v) is 7.04. The van der Waals surface area contributed by atoms with E-state index in [2.05, 4.69) is 36.7 Å². The number of hydrogen-bond acceptors (Lipinski definition) is 1. The number of rotatable bonds is 4. The molecule has 1 nitrogen and oxygen atoms in total. The van der Waals surface area contributed by atoms with Crippen molar-refractivity contribution in [2.75, 3.05) is 0 Å². The molecule has 0 aliphatic heterocycles. The van der Waals surface area contributed by atoms with Crippen LogP contribution in [0.5, 0.6) is 0 Å². The van der Waals surface area contributed by atoms with E-state index < -0.39 is 5.60 Å². The molecule has 0 aliphatic carbocycles. The fraction of sp³-hybridized carbons (Fsp3) is 0.600. The summed E-state index contributed by atoms with van der Waals surface area (Å²) in [5.41, 5.74) is 0.574. The minimum Gasteiger partial charge on any atom is -0.385 e. The summed E-state index contributed by atoms with van der Waals surface area (Å²) in [6.45, 7) is 8.68. The van der Waals surface area contributed by atoms with Crippen LogP contribution in [0, 0.1) is 5.41 Å². The fourth-order valence-corrected chi connectivity index (χ4v) is 2.28. The van der Waals surface area contributed by atoms with Crippen LogP contribution in [-0.4, -0.2) is 5.11 Å². The molecule has 0 heterocycles. The zero-order valence-corrected chi connectivity index (χ0v) is 12.8. The second-order valence-electron chi connectivity index (χ2n) is 5.96. The van der Waals surface area contributed by atoms with Gasteiger partial charge < -0.3 is 5.11 Å². The summed E-state index contributed by atoms with van der Waals surface area (Å²) >= 11 is 3.46. The Kier molecular flexibility index (Phi) is 4.79. The molecule has 0 bridgehead atoms. The maximum atomic E-state index is 10.8. The van der Waals surface area contributed by atoms with Gasteiger partial charge in [0.25, 0.3) is 0 Å². The Labute approximate surface area is 113 Å². The Morgan fingerprint density at radius 3 is 2.29 bits per heavy atom. The van der Waals surface area contributed by atoms with E-state index in [0.717, 1.165) is 29.3 Å². The van der Waals surface area contributed by atoms with Gasteiger partial charge in [0.15, 0.2) is 0 Å². The van der Waals surface area contributed by atoms with Gasteiger partial charge in [0.1, 0.15) is 0 Å². The third kappa shape index (κ3) is 4.44. The van der Waals surface area contributed by atoms with Gasteiger partial charge in [0, 0.05) is 4.47 Å². The van der Waals surface area contributed by atoms with Crippen LogP contribution in [0.15, 0.2) is 28.7 Å². The van der Waals surface area contributed by atoms with Crippen molar-refractivity contribution in [1.29, 1.82) is 0 Å². The summed E-state index contributed by atoms with van der Waals surface area (Å²) in [6.07, 6.45) is 2.58. The smallest absolute Gasteiger partial charge is 0.0894 e. The third-order valence-corrected chi connectivity index (χ3v) is 3.73. The average Bonchev–Trinajstić information content (AvgIpc) is 2.25. The molecule has 1 atom stereocenters. The van der Waals surface area contributed by atoms with Crippen molar-refractivity contribution < 1.29 is 5.11 Å². The molecule has 0 saturated heterocycles. The molecule has 0 fully saturated rings. The Morgan fingerprint density at radius 2 is 1.82 bits per heavy atom. The highest BCUT2D eigenvalue weighted by Gasteiger charge is 2.28. The topological polar surface area (TPSA) is 20.2 Å². The van der Waals surface area contributed by atoms with Crippen LogP contribution in [-0.2, 0) is 5.60 Å². The highest BCUT2D eigenvalue weighted by Crippen LogP contribution is 2.35. The second kappa shape index (κ2) is 5.53. The number of hydrogen-bond donors (Lipinski definition) is 1. The first kappa shape index (κ1) is 14.7. The molecule has 1 aromatic rings. The Hall–Kier alpha value is -0.340. The van der Waals surface area contributed by atoms with Crippen LogP contribution < -0.4 is 0 Å². The van der Waals surface area contributed by atoms with E-state index in [4.69, 9.17) is 0 Å². The third-order valence-electron chi connectivity index (χ3n) is 3.24. The van der Waals surface area contributed by atoms with Crippen molar-refractivity contribution in [2.24, 2.45) is 5.41 Å². The summed E-state index contributed by atoms with van der Waals surface area (Å²) in [5.74, 6) is 0. The van der Waals surface area contributed by atoms with Gasteiger partial charge in [-0.05, 0) is 42.4 Å². The lowest BCUT2D eigenvalue weighted by Gasteiger charge is -2.31. The zero-order chi connectivity index (χ0) is 13.1. The molecular weight excluding hydrogens is 276 g/mol. The van der Waals surface area contributed by atoms with Gasteiger partial charge in [0.05, 0.1) is 5.60 Å². The van der Waals surface area contributed by atoms with Crippen molar-refractivity contribution in [3.63, 3.8) is 0 Å². The second-order valence-corrected chi connectivity index (χ2v) is 6.87. The lowest BCUT2D eigenvalue weighted by atomic mass is 9.80.